The van der Waals surface area contributed by atoms with Gasteiger partial charge in [0.05, 0.1) is 0 Å². The number of nitrogens with two attached hydrogens (primary N) is 1. The Morgan fingerprint density at radius 1 is 0.950 bits per heavy atom. The van der Waals surface area contributed by atoms with Crippen LogP contribution >= 0.6 is 11.6 Å². The predicted octanol–water partition coefficient (Wildman–Crippen LogP) is 4.14. The van der Waals surface area contributed by atoms with E-state index in [0.29, 0.717) is 0 Å². The summed E-state index contributed by atoms with van der Waals surface area (Å²) in [6.45, 7) is 0. The van der Waals surface area contributed by atoms with Gasteiger partial charge in [0, 0.05) is 17.1 Å². The summed E-state index contributed by atoms with van der Waals surface area (Å²) in [4.78, 5) is 0. The lowest BCUT2D eigenvalue weighted by Gasteiger charge is -2.15. The van der Waals surface area contributed by atoms with Gasteiger partial charge in [0.1, 0.15) is 11.6 Å². The third-order valence-electron chi connectivity index (χ3n) is 2.89. The SMILES string of the molecule is NC(Cc1ccc(F)cc1F)c1cc(F)c(F)cc1Cl. The topological polar surface area (TPSA) is 26.0 Å². The van der Waals surface area contributed by atoms with Crippen LogP contribution in [0.15, 0.2) is 30.3 Å². The van der Waals surface area contributed by atoms with Crippen LogP contribution in [0.3, 0.4) is 0 Å². The van der Waals surface area contributed by atoms with Gasteiger partial charge in [0.15, 0.2) is 11.6 Å². The fraction of sp³-hybridized carbons (Fsp3) is 0.143. The molecule has 1 nitrogen and oxygen atoms in total. The van der Waals surface area contributed by atoms with E-state index in [1.807, 2.05) is 0 Å². The monoisotopic (exact) mass is 303 g/mol. The van der Waals surface area contributed by atoms with E-state index >= 15 is 0 Å². The van der Waals surface area contributed by atoms with Gasteiger partial charge in [-0.2, -0.15) is 0 Å². The largest absolute Gasteiger partial charge is 0.324 e. The second kappa shape index (κ2) is 5.81. The Kier molecular flexibility index (Phi) is 4.30. The Hall–Kier alpha value is -1.59. The first-order valence-corrected chi connectivity index (χ1v) is 6.10. The summed E-state index contributed by atoms with van der Waals surface area (Å²) in [5.41, 5.74) is 6.15. The Bertz CT molecular complexity index is 645. The standard InChI is InChI=1S/C14H10ClF4N/c15-10-6-13(19)12(18)5-9(10)14(20)3-7-1-2-8(16)4-11(7)17/h1-2,4-6,14H,3,20H2. The lowest BCUT2D eigenvalue weighted by atomic mass is 9.99. The van der Waals surface area contributed by atoms with E-state index in [2.05, 4.69) is 0 Å². The molecular weight excluding hydrogens is 294 g/mol. The van der Waals surface area contributed by atoms with Crippen LogP contribution in [0, 0.1) is 23.3 Å². The maximum Gasteiger partial charge on any atom is 0.160 e. The molecule has 1 unspecified atom stereocenters. The van der Waals surface area contributed by atoms with Gasteiger partial charge in [-0.3, -0.25) is 0 Å². The van der Waals surface area contributed by atoms with Crippen LogP contribution in [0.5, 0.6) is 0 Å². The Labute approximate surface area is 118 Å². The van der Waals surface area contributed by atoms with Crippen molar-refractivity contribution in [1.82, 2.24) is 0 Å². The summed E-state index contributed by atoms with van der Waals surface area (Å²) < 4.78 is 52.4. The van der Waals surface area contributed by atoms with Gasteiger partial charge < -0.3 is 5.73 Å². The van der Waals surface area contributed by atoms with Crippen molar-refractivity contribution in [3.63, 3.8) is 0 Å². The minimum absolute atomic E-state index is 0.0170. The summed E-state index contributed by atoms with van der Waals surface area (Å²) in [6, 6.07) is 3.93. The molecule has 0 heterocycles. The van der Waals surface area contributed by atoms with Crippen molar-refractivity contribution in [3.05, 3.63) is 69.8 Å². The van der Waals surface area contributed by atoms with Gasteiger partial charge in [-0.15, -0.1) is 0 Å². The third-order valence-corrected chi connectivity index (χ3v) is 3.22. The van der Waals surface area contributed by atoms with Crippen molar-refractivity contribution in [2.75, 3.05) is 0 Å². The first kappa shape index (κ1) is 14.8. The number of benzene rings is 2. The van der Waals surface area contributed by atoms with Crippen molar-refractivity contribution in [2.45, 2.75) is 12.5 Å². The van der Waals surface area contributed by atoms with Gasteiger partial charge in [-0.25, -0.2) is 17.6 Å². The van der Waals surface area contributed by atoms with Crippen LogP contribution in [0.4, 0.5) is 17.6 Å². The quantitative estimate of drug-likeness (QED) is 0.669. The number of hydrogen-bond donors (Lipinski definition) is 1. The number of halogens is 5. The van der Waals surface area contributed by atoms with Crippen LogP contribution in [-0.4, -0.2) is 0 Å². The highest BCUT2D eigenvalue weighted by Crippen LogP contribution is 2.27. The molecule has 0 saturated carbocycles. The summed E-state index contributed by atoms with van der Waals surface area (Å²) in [5, 5.41) is -0.0427. The summed E-state index contributed by atoms with van der Waals surface area (Å²) in [6.07, 6.45) is -0.0170. The molecule has 0 aliphatic rings. The van der Waals surface area contributed by atoms with Crippen molar-refractivity contribution in [2.24, 2.45) is 5.73 Å². The molecule has 2 aromatic rings. The number of rotatable bonds is 3. The molecule has 0 aliphatic heterocycles. The van der Waals surface area contributed by atoms with Crippen LogP contribution in [0.25, 0.3) is 0 Å². The lowest BCUT2D eigenvalue weighted by Crippen LogP contribution is -2.15. The molecular formula is C14H10ClF4N. The van der Waals surface area contributed by atoms with Gasteiger partial charge in [-0.05, 0) is 35.7 Å². The summed E-state index contributed by atoms with van der Waals surface area (Å²) in [7, 11) is 0. The van der Waals surface area contributed by atoms with E-state index < -0.39 is 29.3 Å². The predicted molar refractivity (Wildman–Crippen MR) is 68.4 cm³/mol. The van der Waals surface area contributed by atoms with Crippen molar-refractivity contribution >= 4 is 11.6 Å². The molecule has 0 aliphatic carbocycles. The molecule has 2 N–H and O–H groups in total. The molecule has 6 heteroatoms. The highest BCUT2D eigenvalue weighted by atomic mass is 35.5. The Balaban J connectivity index is 2.28. The molecule has 0 aromatic heterocycles. The molecule has 0 bridgehead atoms. The van der Waals surface area contributed by atoms with Crippen molar-refractivity contribution < 1.29 is 17.6 Å². The zero-order chi connectivity index (χ0) is 14.9. The smallest absolute Gasteiger partial charge is 0.160 e. The van der Waals surface area contributed by atoms with E-state index in [1.54, 1.807) is 0 Å². The zero-order valence-electron chi connectivity index (χ0n) is 10.1. The third kappa shape index (κ3) is 3.11. The second-order valence-corrected chi connectivity index (χ2v) is 4.74. The summed E-state index contributed by atoms with van der Waals surface area (Å²) >= 11 is 5.79. The highest BCUT2D eigenvalue weighted by molar-refractivity contribution is 6.31. The lowest BCUT2D eigenvalue weighted by molar-refractivity contribution is 0.504. The molecule has 0 radical (unpaired) electrons. The first-order chi connectivity index (χ1) is 9.38. The van der Waals surface area contributed by atoms with Crippen molar-refractivity contribution in [1.29, 1.82) is 0 Å². The van der Waals surface area contributed by atoms with Crippen molar-refractivity contribution in [3.8, 4) is 0 Å². The first-order valence-electron chi connectivity index (χ1n) is 5.72. The molecule has 2 aromatic carbocycles. The average Bonchev–Trinajstić information content (AvgIpc) is 2.37. The minimum atomic E-state index is -1.08. The Morgan fingerprint density at radius 3 is 2.25 bits per heavy atom. The molecule has 2 rings (SSSR count). The second-order valence-electron chi connectivity index (χ2n) is 4.33. The number of hydrogen-bond acceptors (Lipinski definition) is 1. The molecule has 1 atom stereocenters. The molecule has 20 heavy (non-hydrogen) atoms. The molecule has 0 fully saturated rings. The van der Waals surface area contributed by atoms with Gasteiger partial charge in [0.2, 0.25) is 0 Å². The van der Waals surface area contributed by atoms with Gasteiger partial charge in [-0.1, -0.05) is 17.7 Å². The Morgan fingerprint density at radius 2 is 1.60 bits per heavy atom. The maximum atomic E-state index is 13.5. The molecule has 0 amide bonds. The van der Waals surface area contributed by atoms with Crippen LogP contribution in [0.1, 0.15) is 17.2 Å². The van der Waals surface area contributed by atoms with E-state index in [4.69, 9.17) is 17.3 Å². The van der Waals surface area contributed by atoms with Crippen LogP contribution in [0.2, 0.25) is 5.02 Å². The van der Waals surface area contributed by atoms with Gasteiger partial charge >= 0.3 is 0 Å². The molecule has 106 valence electrons. The zero-order valence-corrected chi connectivity index (χ0v) is 10.9. The fourth-order valence-corrected chi connectivity index (χ4v) is 2.15. The van der Waals surface area contributed by atoms with Crippen LogP contribution < -0.4 is 5.73 Å². The van der Waals surface area contributed by atoms with E-state index in [-0.39, 0.29) is 22.6 Å². The van der Waals surface area contributed by atoms with E-state index in [9.17, 15) is 17.6 Å². The highest BCUT2D eigenvalue weighted by Gasteiger charge is 2.16. The maximum absolute atomic E-state index is 13.5. The molecule has 0 spiro atoms. The van der Waals surface area contributed by atoms with Gasteiger partial charge in [0.25, 0.3) is 0 Å². The summed E-state index contributed by atoms with van der Waals surface area (Å²) in [5.74, 6) is -3.62. The van der Waals surface area contributed by atoms with E-state index in [0.717, 1.165) is 24.3 Å². The average molecular weight is 304 g/mol. The van der Waals surface area contributed by atoms with Crippen LogP contribution in [-0.2, 0) is 6.42 Å². The normalized spacial score (nSPS) is 12.5. The minimum Gasteiger partial charge on any atom is -0.324 e. The fourth-order valence-electron chi connectivity index (χ4n) is 1.86. The molecule has 0 saturated heterocycles. The van der Waals surface area contributed by atoms with E-state index in [1.165, 1.54) is 6.07 Å².